The van der Waals surface area contributed by atoms with Gasteiger partial charge in [0.15, 0.2) is 5.76 Å². The molecule has 7 heteroatoms. The summed E-state index contributed by atoms with van der Waals surface area (Å²) in [5.41, 5.74) is 1.53. The standard InChI is InChI=1S/C20H15Cl2NO4/c1-2-26-20(25)12-6-8-13(9-7-12)23-19(24)17-11-10-16(27-17)14-4-3-5-15(21)18(14)22/h3-11H,2H2,1H3,(H,23,24). The van der Waals surface area contributed by atoms with Crippen LogP contribution < -0.4 is 5.32 Å². The molecule has 0 unspecified atom stereocenters. The molecule has 1 N–H and O–H groups in total. The quantitative estimate of drug-likeness (QED) is 0.556. The minimum Gasteiger partial charge on any atom is -0.462 e. The van der Waals surface area contributed by atoms with Crippen molar-refractivity contribution in [3.8, 4) is 11.3 Å². The van der Waals surface area contributed by atoms with Gasteiger partial charge in [-0.25, -0.2) is 4.79 Å². The highest BCUT2D eigenvalue weighted by molar-refractivity contribution is 6.43. The van der Waals surface area contributed by atoms with E-state index in [2.05, 4.69) is 5.32 Å². The van der Waals surface area contributed by atoms with Crippen LogP contribution in [0.15, 0.2) is 59.0 Å². The molecule has 3 rings (SSSR count). The number of hydrogen-bond donors (Lipinski definition) is 1. The van der Waals surface area contributed by atoms with Gasteiger partial charge in [0, 0.05) is 11.3 Å². The highest BCUT2D eigenvalue weighted by Crippen LogP contribution is 2.34. The largest absolute Gasteiger partial charge is 0.462 e. The molecular formula is C20H15Cl2NO4. The third kappa shape index (κ3) is 4.32. The topological polar surface area (TPSA) is 68.5 Å². The third-order valence-corrected chi connectivity index (χ3v) is 4.52. The Morgan fingerprint density at radius 1 is 1.04 bits per heavy atom. The van der Waals surface area contributed by atoms with Crippen LogP contribution in [0, 0.1) is 0 Å². The van der Waals surface area contributed by atoms with Gasteiger partial charge in [0.1, 0.15) is 5.76 Å². The van der Waals surface area contributed by atoms with Gasteiger partial charge in [0.2, 0.25) is 0 Å². The summed E-state index contributed by atoms with van der Waals surface area (Å²) in [7, 11) is 0. The number of amides is 1. The van der Waals surface area contributed by atoms with Crippen molar-refractivity contribution in [1.82, 2.24) is 0 Å². The monoisotopic (exact) mass is 403 g/mol. The van der Waals surface area contributed by atoms with E-state index in [1.165, 1.54) is 0 Å². The van der Waals surface area contributed by atoms with Crippen molar-refractivity contribution in [3.05, 3.63) is 76.0 Å². The fraction of sp³-hybridized carbons (Fsp3) is 0.100. The first-order chi connectivity index (χ1) is 13.0. The van der Waals surface area contributed by atoms with Gasteiger partial charge in [-0.1, -0.05) is 29.3 Å². The number of carbonyl (C=O) groups is 2. The predicted molar refractivity (Wildman–Crippen MR) is 105 cm³/mol. The zero-order valence-electron chi connectivity index (χ0n) is 14.3. The second kappa shape index (κ2) is 8.29. The van der Waals surface area contributed by atoms with Gasteiger partial charge in [-0.3, -0.25) is 4.79 Å². The van der Waals surface area contributed by atoms with Crippen molar-refractivity contribution in [2.24, 2.45) is 0 Å². The zero-order chi connectivity index (χ0) is 19.4. The van der Waals surface area contributed by atoms with E-state index in [-0.39, 0.29) is 5.76 Å². The lowest BCUT2D eigenvalue weighted by Gasteiger charge is -2.05. The van der Waals surface area contributed by atoms with Crippen LogP contribution in [0.4, 0.5) is 5.69 Å². The highest BCUT2D eigenvalue weighted by Gasteiger charge is 2.15. The molecule has 1 heterocycles. The number of halogens is 2. The molecule has 0 aliphatic heterocycles. The predicted octanol–water partition coefficient (Wildman–Crippen LogP) is 5.68. The molecule has 1 aromatic heterocycles. The Bertz CT molecular complexity index is 980. The summed E-state index contributed by atoms with van der Waals surface area (Å²) in [6, 6.07) is 14.7. The Morgan fingerprint density at radius 2 is 1.78 bits per heavy atom. The molecule has 0 spiro atoms. The van der Waals surface area contributed by atoms with Crippen molar-refractivity contribution in [3.63, 3.8) is 0 Å². The van der Waals surface area contributed by atoms with Crippen molar-refractivity contribution in [2.45, 2.75) is 6.92 Å². The van der Waals surface area contributed by atoms with Crippen LogP contribution in [0.2, 0.25) is 10.0 Å². The van der Waals surface area contributed by atoms with Crippen LogP contribution in [-0.4, -0.2) is 18.5 Å². The second-order valence-corrected chi connectivity index (χ2v) is 6.30. The summed E-state index contributed by atoms with van der Waals surface area (Å²) in [5, 5.41) is 3.46. The molecule has 0 aliphatic carbocycles. The molecule has 1 amide bonds. The maximum absolute atomic E-state index is 12.4. The number of ether oxygens (including phenoxy) is 1. The Labute approximate surface area is 165 Å². The molecule has 27 heavy (non-hydrogen) atoms. The van der Waals surface area contributed by atoms with Gasteiger partial charge in [-0.15, -0.1) is 0 Å². The number of hydrogen-bond acceptors (Lipinski definition) is 4. The Morgan fingerprint density at radius 3 is 2.48 bits per heavy atom. The summed E-state index contributed by atoms with van der Waals surface area (Å²) >= 11 is 12.2. The van der Waals surface area contributed by atoms with Crippen LogP contribution in [-0.2, 0) is 4.74 Å². The van der Waals surface area contributed by atoms with Crippen LogP contribution >= 0.6 is 23.2 Å². The maximum atomic E-state index is 12.4. The van der Waals surface area contributed by atoms with E-state index in [0.717, 1.165) is 0 Å². The van der Waals surface area contributed by atoms with E-state index in [1.54, 1.807) is 61.5 Å². The molecule has 0 saturated carbocycles. The smallest absolute Gasteiger partial charge is 0.338 e. The average Bonchev–Trinajstić information content (AvgIpc) is 3.15. The average molecular weight is 404 g/mol. The Balaban J connectivity index is 1.73. The third-order valence-electron chi connectivity index (χ3n) is 3.70. The fourth-order valence-corrected chi connectivity index (χ4v) is 2.79. The Kier molecular flexibility index (Phi) is 5.84. The van der Waals surface area contributed by atoms with Crippen LogP contribution in [0.3, 0.4) is 0 Å². The van der Waals surface area contributed by atoms with E-state index in [0.29, 0.717) is 39.2 Å². The molecule has 0 aliphatic rings. The van der Waals surface area contributed by atoms with Gasteiger partial charge in [0.05, 0.1) is 22.2 Å². The van der Waals surface area contributed by atoms with Crippen molar-refractivity contribution < 1.29 is 18.7 Å². The summed E-state index contributed by atoms with van der Waals surface area (Å²) in [6.07, 6.45) is 0. The van der Waals surface area contributed by atoms with Crippen LogP contribution in [0.5, 0.6) is 0 Å². The van der Waals surface area contributed by atoms with E-state index in [9.17, 15) is 9.59 Å². The molecule has 2 aromatic carbocycles. The first-order valence-electron chi connectivity index (χ1n) is 8.12. The fourth-order valence-electron chi connectivity index (χ4n) is 2.40. The molecule has 0 fully saturated rings. The van der Waals surface area contributed by atoms with Crippen LogP contribution in [0.1, 0.15) is 27.8 Å². The number of benzene rings is 2. The molecule has 0 bridgehead atoms. The molecule has 5 nitrogen and oxygen atoms in total. The van der Waals surface area contributed by atoms with Gasteiger partial charge in [-0.2, -0.15) is 0 Å². The summed E-state index contributed by atoms with van der Waals surface area (Å²) in [6.45, 7) is 2.04. The van der Waals surface area contributed by atoms with Gasteiger partial charge >= 0.3 is 5.97 Å². The molecule has 0 saturated heterocycles. The number of carbonyl (C=O) groups excluding carboxylic acids is 2. The van der Waals surface area contributed by atoms with E-state index >= 15 is 0 Å². The number of nitrogens with one attached hydrogen (secondary N) is 1. The van der Waals surface area contributed by atoms with Crippen molar-refractivity contribution >= 4 is 40.8 Å². The molecule has 138 valence electrons. The van der Waals surface area contributed by atoms with Gasteiger partial charge in [-0.05, 0) is 55.5 Å². The molecule has 3 aromatic rings. The minimum absolute atomic E-state index is 0.121. The zero-order valence-corrected chi connectivity index (χ0v) is 15.8. The number of esters is 1. The lowest BCUT2D eigenvalue weighted by Crippen LogP contribution is -2.11. The molecular weight excluding hydrogens is 389 g/mol. The highest BCUT2D eigenvalue weighted by atomic mass is 35.5. The SMILES string of the molecule is CCOC(=O)c1ccc(NC(=O)c2ccc(-c3cccc(Cl)c3Cl)o2)cc1. The number of anilines is 1. The maximum Gasteiger partial charge on any atom is 0.338 e. The molecule has 0 atom stereocenters. The van der Waals surface area contributed by atoms with Gasteiger partial charge < -0.3 is 14.5 Å². The van der Waals surface area contributed by atoms with Crippen molar-refractivity contribution in [2.75, 3.05) is 11.9 Å². The van der Waals surface area contributed by atoms with Crippen molar-refractivity contribution in [1.29, 1.82) is 0 Å². The minimum atomic E-state index is -0.428. The first-order valence-corrected chi connectivity index (χ1v) is 8.88. The summed E-state index contributed by atoms with van der Waals surface area (Å²) in [5.74, 6) is -0.284. The number of rotatable bonds is 5. The second-order valence-electron chi connectivity index (χ2n) is 5.52. The number of furan rings is 1. The van der Waals surface area contributed by atoms with E-state index < -0.39 is 11.9 Å². The van der Waals surface area contributed by atoms with Gasteiger partial charge in [0.25, 0.3) is 5.91 Å². The molecule has 0 radical (unpaired) electrons. The first kappa shape index (κ1) is 19.0. The van der Waals surface area contributed by atoms with Crippen LogP contribution in [0.25, 0.3) is 11.3 Å². The normalized spacial score (nSPS) is 10.5. The summed E-state index contributed by atoms with van der Waals surface area (Å²) in [4.78, 5) is 24.0. The lowest BCUT2D eigenvalue weighted by atomic mass is 10.2. The summed E-state index contributed by atoms with van der Waals surface area (Å²) < 4.78 is 10.5. The van der Waals surface area contributed by atoms with E-state index in [1.807, 2.05) is 0 Å². The van der Waals surface area contributed by atoms with E-state index in [4.69, 9.17) is 32.4 Å². The Hall–Kier alpha value is -2.76. The lowest BCUT2D eigenvalue weighted by molar-refractivity contribution is 0.0526.